The summed E-state index contributed by atoms with van der Waals surface area (Å²) in [6.07, 6.45) is 1.78. The van der Waals surface area contributed by atoms with Gasteiger partial charge in [0.1, 0.15) is 9.88 Å². The minimum absolute atomic E-state index is 0.312. The summed E-state index contributed by atoms with van der Waals surface area (Å²) in [5.74, 6) is 0.717. The van der Waals surface area contributed by atoms with Crippen molar-refractivity contribution in [1.82, 2.24) is 10.3 Å². The van der Waals surface area contributed by atoms with E-state index in [0.717, 1.165) is 10.1 Å². The highest BCUT2D eigenvalue weighted by atomic mass is 32.2. The van der Waals surface area contributed by atoms with Gasteiger partial charge in [0.2, 0.25) is 0 Å². The number of nitriles is 1. The number of rotatable bonds is 5. The van der Waals surface area contributed by atoms with Crippen molar-refractivity contribution in [3.8, 4) is 6.07 Å². The molecule has 1 aromatic rings. The number of hydrogen-bond acceptors (Lipinski definition) is 5. The van der Waals surface area contributed by atoms with Crippen molar-refractivity contribution in [3.05, 3.63) is 11.6 Å². The first-order valence-electron chi connectivity index (χ1n) is 4.77. The zero-order valence-electron chi connectivity index (χ0n) is 9.15. The number of aromatic nitrogens is 1. The van der Waals surface area contributed by atoms with Crippen LogP contribution in [0, 0.1) is 11.3 Å². The van der Waals surface area contributed by atoms with Crippen LogP contribution in [-0.2, 0) is 0 Å². The summed E-state index contributed by atoms with van der Waals surface area (Å²) in [7, 11) is 0. The molecule has 0 bridgehead atoms. The van der Waals surface area contributed by atoms with Crippen LogP contribution in [0.1, 0.15) is 20.8 Å². The van der Waals surface area contributed by atoms with Crippen LogP contribution >= 0.6 is 23.1 Å². The zero-order chi connectivity index (χ0) is 11.3. The lowest BCUT2D eigenvalue weighted by Crippen LogP contribution is -2.47. The molecule has 0 aromatic carbocycles. The first-order chi connectivity index (χ1) is 7.06. The molecule has 1 heterocycles. The van der Waals surface area contributed by atoms with Crippen LogP contribution in [0.2, 0.25) is 0 Å². The molecule has 82 valence electrons. The van der Waals surface area contributed by atoms with Crippen LogP contribution in [0.5, 0.6) is 0 Å². The highest BCUT2D eigenvalue weighted by molar-refractivity contribution is 8.01. The Labute approximate surface area is 98.9 Å². The molecule has 3 nitrogen and oxygen atoms in total. The molecule has 0 amide bonds. The lowest BCUT2D eigenvalue weighted by Gasteiger charge is -2.24. The topological polar surface area (TPSA) is 48.7 Å². The SMILES string of the molecule is CC(C)NC(C)(C#N)CSc1nccs1. The Balaban J connectivity index is 2.50. The second kappa shape index (κ2) is 5.50. The largest absolute Gasteiger partial charge is 0.297 e. The van der Waals surface area contributed by atoms with Crippen LogP contribution in [0.25, 0.3) is 0 Å². The fraction of sp³-hybridized carbons (Fsp3) is 0.600. The number of nitrogens with zero attached hydrogens (tertiary/aromatic N) is 2. The first-order valence-corrected chi connectivity index (χ1v) is 6.63. The molecular formula is C10H15N3S2. The summed E-state index contributed by atoms with van der Waals surface area (Å²) in [6, 6.07) is 2.63. The molecule has 0 radical (unpaired) electrons. The minimum atomic E-state index is -0.482. The van der Waals surface area contributed by atoms with Crippen molar-refractivity contribution >= 4 is 23.1 Å². The van der Waals surface area contributed by atoms with Crippen molar-refractivity contribution in [2.24, 2.45) is 0 Å². The van der Waals surface area contributed by atoms with Gasteiger partial charge in [0.15, 0.2) is 0 Å². The molecule has 1 rings (SSSR count). The fourth-order valence-electron chi connectivity index (χ4n) is 1.23. The molecule has 1 atom stereocenters. The van der Waals surface area contributed by atoms with E-state index in [4.69, 9.17) is 5.26 Å². The van der Waals surface area contributed by atoms with E-state index < -0.39 is 5.54 Å². The molecule has 5 heteroatoms. The summed E-state index contributed by atoms with van der Waals surface area (Å²) in [4.78, 5) is 4.18. The second-order valence-corrected chi connectivity index (χ2v) is 5.95. The third kappa shape index (κ3) is 4.20. The van der Waals surface area contributed by atoms with Gasteiger partial charge in [-0.3, -0.25) is 5.32 Å². The Morgan fingerprint density at radius 2 is 2.47 bits per heavy atom. The second-order valence-electron chi connectivity index (χ2n) is 3.83. The Kier molecular flexibility index (Phi) is 4.58. The smallest absolute Gasteiger partial charge is 0.149 e. The van der Waals surface area contributed by atoms with Crippen molar-refractivity contribution in [1.29, 1.82) is 5.26 Å². The van der Waals surface area contributed by atoms with Gasteiger partial charge < -0.3 is 0 Å². The first kappa shape index (κ1) is 12.5. The van der Waals surface area contributed by atoms with E-state index in [-0.39, 0.29) is 0 Å². The van der Waals surface area contributed by atoms with Gasteiger partial charge in [-0.25, -0.2) is 4.98 Å². The van der Waals surface area contributed by atoms with Crippen molar-refractivity contribution in [3.63, 3.8) is 0 Å². The van der Waals surface area contributed by atoms with Gasteiger partial charge in [-0.1, -0.05) is 11.8 Å². The third-order valence-electron chi connectivity index (χ3n) is 1.75. The van der Waals surface area contributed by atoms with Gasteiger partial charge in [-0.05, 0) is 20.8 Å². The molecule has 0 saturated heterocycles. The molecule has 1 unspecified atom stereocenters. The summed E-state index contributed by atoms with van der Waals surface area (Å²) >= 11 is 3.23. The van der Waals surface area contributed by atoms with Crippen LogP contribution < -0.4 is 5.32 Å². The van der Waals surface area contributed by atoms with Crippen molar-refractivity contribution in [2.75, 3.05) is 5.75 Å². The highest BCUT2D eigenvalue weighted by Gasteiger charge is 2.24. The van der Waals surface area contributed by atoms with Gasteiger partial charge >= 0.3 is 0 Å². The summed E-state index contributed by atoms with van der Waals surface area (Å²) in [5.41, 5.74) is -0.482. The molecule has 1 aromatic heterocycles. The fourth-order valence-corrected chi connectivity index (χ4v) is 2.90. The number of thioether (sulfide) groups is 1. The number of hydrogen-bond donors (Lipinski definition) is 1. The van der Waals surface area contributed by atoms with Crippen LogP contribution in [0.15, 0.2) is 15.9 Å². The maximum absolute atomic E-state index is 9.12. The zero-order valence-corrected chi connectivity index (χ0v) is 10.8. The predicted molar refractivity (Wildman–Crippen MR) is 65.1 cm³/mol. The normalized spacial score (nSPS) is 14.9. The Morgan fingerprint density at radius 1 is 1.73 bits per heavy atom. The molecule has 0 saturated carbocycles. The minimum Gasteiger partial charge on any atom is -0.297 e. The molecular weight excluding hydrogens is 226 g/mol. The van der Waals surface area contributed by atoms with Crippen LogP contribution in [0.4, 0.5) is 0 Å². The molecule has 0 spiro atoms. The molecule has 0 fully saturated rings. The van der Waals surface area contributed by atoms with E-state index in [2.05, 4.69) is 16.4 Å². The van der Waals surface area contributed by atoms with Crippen molar-refractivity contribution in [2.45, 2.75) is 36.7 Å². The number of nitrogens with one attached hydrogen (secondary N) is 1. The summed E-state index contributed by atoms with van der Waals surface area (Å²) in [5, 5.41) is 14.3. The Morgan fingerprint density at radius 3 is 2.93 bits per heavy atom. The third-order valence-corrected chi connectivity index (χ3v) is 4.03. The Bertz CT molecular complexity index is 329. The van der Waals surface area contributed by atoms with E-state index in [1.54, 1.807) is 29.3 Å². The highest BCUT2D eigenvalue weighted by Crippen LogP contribution is 2.24. The van der Waals surface area contributed by atoms with Gasteiger partial charge in [0.25, 0.3) is 0 Å². The van der Waals surface area contributed by atoms with E-state index in [1.165, 1.54) is 0 Å². The van der Waals surface area contributed by atoms with Gasteiger partial charge in [0.05, 0.1) is 6.07 Å². The molecule has 0 aliphatic heterocycles. The maximum atomic E-state index is 9.12. The van der Waals surface area contributed by atoms with E-state index in [9.17, 15) is 0 Å². The lowest BCUT2D eigenvalue weighted by atomic mass is 10.1. The average Bonchev–Trinajstić information content (AvgIpc) is 2.66. The molecule has 1 N–H and O–H groups in total. The number of thiazole rings is 1. The van der Waals surface area contributed by atoms with Crippen molar-refractivity contribution < 1.29 is 0 Å². The standard InChI is InChI=1S/C10H15N3S2/c1-8(2)13-10(3,6-11)7-15-9-12-4-5-14-9/h4-5,8,13H,7H2,1-3H3. The van der Waals surface area contributed by atoms with Gasteiger partial charge in [-0.2, -0.15) is 5.26 Å². The molecule has 0 aliphatic carbocycles. The molecule has 0 aliphatic rings. The monoisotopic (exact) mass is 241 g/mol. The average molecular weight is 241 g/mol. The van der Waals surface area contributed by atoms with Crippen LogP contribution in [0.3, 0.4) is 0 Å². The van der Waals surface area contributed by atoms with Gasteiger partial charge in [0, 0.05) is 23.4 Å². The Hall–Kier alpha value is -0.570. The molecule has 15 heavy (non-hydrogen) atoms. The quantitative estimate of drug-likeness (QED) is 0.805. The lowest BCUT2D eigenvalue weighted by molar-refractivity contribution is 0.443. The summed E-state index contributed by atoms with van der Waals surface area (Å²) < 4.78 is 1.02. The van der Waals surface area contributed by atoms with E-state index in [1.807, 2.05) is 26.2 Å². The predicted octanol–water partition coefficient (Wildman–Crippen LogP) is 2.52. The van der Waals surface area contributed by atoms with E-state index in [0.29, 0.717) is 6.04 Å². The van der Waals surface area contributed by atoms with Crippen LogP contribution in [-0.4, -0.2) is 22.3 Å². The van der Waals surface area contributed by atoms with Gasteiger partial charge in [-0.15, -0.1) is 11.3 Å². The van der Waals surface area contributed by atoms with E-state index >= 15 is 0 Å². The summed E-state index contributed by atoms with van der Waals surface area (Å²) in [6.45, 7) is 6.01. The maximum Gasteiger partial charge on any atom is 0.149 e.